The number of nitrogens with zero attached hydrogens (tertiary/aromatic N) is 4. The van der Waals surface area contributed by atoms with Gasteiger partial charge in [-0.05, 0) is 33.6 Å². The molecule has 7 heteroatoms. The van der Waals surface area contributed by atoms with Crippen LogP contribution in [0.3, 0.4) is 0 Å². The van der Waals surface area contributed by atoms with Crippen molar-refractivity contribution in [2.75, 3.05) is 37.7 Å². The SMILES string of the molecule is CCNC(=NCc1c(C)nn(C)c1C)NCC1(N2CCSCC2)CCCC1. The molecule has 152 valence electrons. The summed E-state index contributed by atoms with van der Waals surface area (Å²) < 4.78 is 1.95. The van der Waals surface area contributed by atoms with Crippen molar-refractivity contribution in [1.82, 2.24) is 25.3 Å². The second-order valence-electron chi connectivity index (χ2n) is 7.85. The zero-order valence-electron chi connectivity index (χ0n) is 17.5. The second kappa shape index (κ2) is 9.32. The first-order chi connectivity index (χ1) is 13.1. The van der Waals surface area contributed by atoms with Gasteiger partial charge >= 0.3 is 0 Å². The predicted octanol–water partition coefficient (Wildman–Crippen LogP) is 2.45. The Hall–Kier alpha value is -1.21. The van der Waals surface area contributed by atoms with Gasteiger partial charge in [0.05, 0.1) is 12.2 Å². The van der Waals surface area contributed by atoms with E-state index in [2.05, 4.69) is 53.2 Å². The third-order valence-corrected chi connectivity index (χ3v) is 7.14. The lowest BCUT2D eigenvalue weighted by molar-refractivity contribution is 0.107. The summed E-state index contributed by atoms with van der Waals surface area (Å²) in [6, 6.07) is 0. The zero-order valence-corrected chi connectivity index (χ0v) is 18.3. The van der Waals surface area contributed by atoms with E-state index in [-0.39, 0.29) is 0 Å². The fourth-order valence-electron chi connectivity index (χ4n) is 4.47. The van der Waals surface area contributed by atoms with Crippen molar-refractivity contribution in [2.45, 2.75) is 58.5 Å². The molecule has 0 radical (unpaired) electrons. The third kappa shape index (κ3) is 4.80. The summed E-state index contributed by atoms with van der Waals surface area (Å²) in [5.41, 5.74) is 3.83. The molecule has 0 atom stereocenters. The molecule has 0 spiro atoms. The highest BCUT2D eigenvalue weighted by Crippen LogP contribution is 2.36. The molecule has 2 aliphatic rings. The van der Waals surface area contributed by atoms with E-state index < -0.39 is 0 Å². The third-order valence-electron chi connectivity index (χ3n) is 6.20. The first-order valence-electron chi connectivity index (χ1n) is 10.4. The van der Waals surface area contributed by atoms with Crippen molar-refractivity contribution in [3.05, 3.63) is 17.0 Å². The van der Waals surface area contributed by atoms with Crippen LogP contribution in [0.4, 0.5) is 0 Å². The van der Waals surface area contributed by atoms with Gasteiger partial charge in [-0.3, -0.25) is 9.58 Å². The van der Waals surface area contributed by atoms with Crippen LogP contribution >= 0.6 is 11.8 Å². The molecule has 1 aromatic heterocycles. The Morgan fingerprint density at radius 3 is 2.48 bits per heavy atom. The molecule has 1 saturated carbocycles. The number of aliphatic imine (C=N–C) groups is 1. The first-order valence-corrected chi connectivity index (χ1v) is 11.6. The highest BCUT2D eigenvalue weighted by atomic mass is 32.2. The maximum atomic E-state index is 4.87. The van der Waals surface area contributed by atoms with Crippen LogP contribution in [0.1, 0.15) is 49.6 Å². The number of aromatic nitrogens is 2. The van der Waals surface area contributed by atoms with Gasteiger partial charge in [-0.15, -0.1) is 0 Å². The molecule has 2 heterocycles. The molecule has 1 saturated heterocycles. The van der Waals surface area contributed by atoms with E-state index in [0.29, 0.717) is 12.1 Å². The van der Waals surface area contributed by atoms with E-state index in [1.54, 1.807) is 0 Å². The largest absolute Gasteiger partial charge is 0.357 e. The maximum Gasteiger partial charge on any atom is 0.191 e. The Labute approximate surface area is 168 Å². The number of hydrogen-bond donors (Lipinski definition) is 2. The Balaban J connectivity index is 1.67. The molecule has 1 aliphatic heterocycles. The Bertz CT molecular complexity index is 641. The minimum atomic E-state index is 0.317. The monoisotopic (exact) mass is 392 g/mol. The van der Waals surface area contributed by atoms with Gasteiger partial charge in [0.2, 0.25) is 0 Å². The van der Waals surface area contributed by atoms with Crippen LogP contribution in [0.25, 0.3) is 0 Å². The van der Waals surface area contributed by atoms with Gasteiger partial charge in [0.15, 0.2) is 5.96 Å². The molecule has 0 amide bonds. The number of aryl methyl sites for hydroxylation is 2. The Morgan fingerprint density at radius 1 is 1.19 bits per heavy atom. The first kappa shape index (κ1) is 20.5. The standard InChI is InChI=1S/C20H36N6S/c1-5-21-19(22-14-18-16(2)24-25(4)17(18)3)23-15-20(8-6-7-9-20)26-10-12-27-13-11-26/h5-15H2,1-4H3,(H2,21,22,23). The van der Waals surface area contributed by atoms with E-state index in [1.165, 1.54) is 61.5 Å². The predicted molar refractivity (Wildman–Crippen MR) is 116 cm³/mol. The fraction of sp³-hybridized carbons (Fsp3) is 0.800. The molecule has 2 N–H and O–H groups in total. The molecule has 6 nitrogen and oxygen atoms in total. The zero-order chi connectivity index (χ0) is 19.3. The number of hydrogen-bond acceptors (Lipinski definition) is 4. The normalized spacial score (nSPS) is 20.8. The summed E-state index contributed by atoms with van der Waals surface area (Å²) in [5.74, 6) is 3.48. The molecule has 1 aliphatic carbocycles. The lowest BCUT2D eigenvalue weighted by Gasteiger charge is -2.43. The summed E-state index contributed by atoms with van der Waals surface area (Å²) in [6.07, 6.45) is 5.33. The molecule has 0 unspecified atom stereocenters. The van der Waals surface area contributed by atoms with Crippen LogP contribution in [0.2, 0.25) is 0 Å². The van der Waals surface area contributed by atoms with Crippen LogP contribution in [-0.2, 0) is 13.6 Å². The summed E-state index contributed by atoms with van der Waals surface area (Å²) >= 11 is 2.09. The molecule has 0 aromatic carbocycles. The minimum absolute atomic E-state index is 0.317. The number of thioether (sulfide) groups is 1. The van der Waals surface area contributed by atoms with Gasteiger partial charge in [0.25, 0.3) is 0 Å². The number of nitrogens with one attached hydrogen (secondary N) is 2. The topological polar surface area (TPSA) is 57.5 Å². The van der Waals surface area contributed by atoms with E-state index >= 15 is 0 Å². The smallest absolute Gasteiger partial charge is 0.191 e. The van der Waals surface area contributed by atoms with Crippen molar-refractivity contribution < 1.29 is 0 Å². The Morgan fingerprint density at radius 2 is 1.89 bits per heavy atom. The average molecular weight is 393 g/mol. The molecule has 27 heavy (non-hydrogen) atoms. The van der Waals surface area contributed by atoms with E-state index in [4.69, 9.17) is 4.99 Å². The lowest BCUT2D eigenvalue weighted by atomic mass is 9.94. The number of guanidine groups is 1. The minimum Gasteiger partial charge on any atom is -0.357 e. The van der Waals surface area contributed by atoms with E-state index in [9.17, 15) is 0 Å². The van der Waals surface area contributed by atoms with Crippen LogP contribution in [0, 0.1) is 13.8 Å². The quantitative estimate of drug-likeness (QED) is 0.575. The fourth-order valence-corrected chi connectivity index (χ4v) is 5.37. The van der Waals surface area contributed by atoms with Crippen LogP contribution in [-0.4, -0.2) is 63.9 Å². The van der Waals surface area contributed by atoms with Crippen LogP contribution in [0.5, 0.6) is 0 Å². The van der Waals surface area contributed by atoms with Crippen molar-refractivity contribution >= 4 is 17.7 Å². The number of rotatable bonds is 6. The molecule has 2 fully saturated rings. The lowest BCUT2D eigenvalue weighted by Crippen LogP contribution is -2.57. The van der Waals surface area contributed by atoms with Crippen molar-refractivity contribution in [3.63, 3.8) is 0 Å². The highest BCUT2D eigenvalue weighted by Gasteiger charge is 2.39. The van der Waals surface area contributed by atoms with E-state index in [0.717, 1.165) is 24.7 Å². The van der Waals surface area contributed by atoms with Gasteiger partial charge in [0.1, 0.15) is 0 Å². The maximum absolute atomic E-state index is 4.87. The van der Waals surface area contributed by atoms with Gasteiger partial charge in [0, 0.05) is 61.5 Å². The van der Waals surface area contributed by atoms with Crippen LogP contribution in [0.15, 0.2) is 4.99 Å². The molecule has 3 rings (SSSR count). The summed E-state index contributed by atoms with van der Waals surface area (Å²) in [5, 5.41) is 11.6. The van der Waals surface area contributed by atoms with Crippen molar-refractivity contribution in [1.29, 1.82) is 0 Å². The summed E-state index contributed by atoms with van der Waals surface area (Å²) in [4.78, 5) is 7.63. The highest BCUT2D eigenvalue weighted by molar-refractivity contribution is 7.99. The van der Waals surface area contributed by atoms with Gasteiger partial charge in [-0.1, -0.05) is 12.8 Å². The average Bonchev–Trinajstić information content (AvgIpc) is 3.25. The molecular formula is C20H36N6S. The van der Waals surface area contributed by atoms with Crippen LogP contribution < -0.4 is 10.6 Å². The molecule has 1 aromatic rings. The van der Waals surface area contributed by atoms with Crippen molar-refractivity contribution in [3.8, 4) is 0 Å². The summed E-state index contributed by atoms with van der Waals surface area (Å²) in [7, 11) is 2.00. The summed E-state index contributed by atoms with van der Waals surface area (Å²) in [6.45, 7) is 11.3. The Kier molecular flexibility index (Phi) is 7.09. The second-order valence-corrected chi connectivity index (χ2v) is 9.08. The van der Waals surface area contributed by atoms with Gasteiger partial charge in [-0.2, -0.15) is 16.9 Å². The van der Waals surface area contributed by atoms with Crippen molar-refractivity contribution in [2.24, 2.45) is 12.0 Å². The molecule has 0 bridgehead atoms. The van der Waals surface area contributed by atoms with Gasteiger partial charge in [-0.25, -0.2) is 4.99 Å². The van der Waals surface area contributed by atoms with Gasteiger partial charge < -0.3 is 10.6 Å². The van der Waals surface area contributed by atoms with E-state index in [1.807, 2.05) is 11.7 Å². The molecular weight excluding hydrogens is 356 g/mol.